The van der Waals surface area contributed by atoms with Gasteiger partial charge in [0.25, 0.3) is 0 Å². The molecule has 2 saturated carbocycles. The highest BCUT2D eigenvalue weighted by molar-refractivity contribution is 9.10. The second-order valence-corrected chi connectivity index (χ2v) is 5.54. The van der Waals surface area contributed by atoms with Gasteiger partial charge in [-0.1, -0.05) is 22.4 Å². The third-order valence-corrected chi connectivity index (χ3v) is 4.32. The molecule has 0 heterocycles. The fourth-order valence-electron chi connectivity index (χ4n) is 3.13. The fourth-order valence-corrected chi connectivity index (χ4v) is 3.60. The van der Waals surface area contributed by atoms with Gasteiger partial charge >= 0.3 is 0 Å². The maximum atomic E-state index is 13.2. The summed E-state index contributed by atoms with van der Waals surface area (Å²) in [6, 6.07) is 4.72. The molecular formula is C12H12BrFO. The van der Waals surface area contributed by atoms with Gasteiger partial charge < -0.3 is 5.11 Å². The Hall–Kier alpha value is -0.410. The summed E-state index contributed by atoms with van der Waals surface area (Å²) >= 11 is 3.26. The van der Waals surface area contributed by atoms with Crippen LogP contribution in [-0.4, -0.2) is 5.11 Å². The SMILES string of the molecule is OC1(c2cc(F)cc(Br)c2)C2CCCC21. The molecule has 0 aliphatic heterocycles. The van der Waals surface area contributed by atoms with Crippen molar-refractivity contribution in [3.8, 4) is 0 Å². The molecule has 1 N–H and O–H groups in total. The standard InChI is InChI=1S/C12H12BrFO/c13-8-4-7(5-9(14)6-8)12(15)10-2-1-3-11(10)12/h4-6,10-11,15H,1-3H2. The first-order valence-corrected chi connectivity index (χ1v) is 6.10. The highest BCUT2D eigenvalue weighted by Crippen LogP contribution is 2.66. The topological polar surface area (TPSA) is 20.2 Å². The molecule has 0 bridgehead atoms. The van der Waals surface area contributed by atoms with Gasteiger partial charge in [-0.15, -0.1) is 0 Å². The van der Waals surface area contributed by atoms with Gasteiger partial charge in [0, 0.05) is 4.47 Å². The van der Waals surface area contributed by atoms with E-state index in [2.05, 4.69) is 15.9 Å². The second-order valence-electron chi connectivity index (χ2n) is 4.63. The largest absolute Gasteiger partial charge is 0.385 e. The highest BCUT2D eigenvalue weighted by Gasteiger charge is 2.66. The number of rotatable bonds is 1. The molecule has 15 heavy (non-hydrogen) atoms. The van der Waals surface area contributed by atoms with Gasteiger partial charge in [-0.25, -0.2) is 4.39 Å². The minimum Gasteiger partial charge on any atom is -0.385 e. The molecule has 1 nitrogen and oxygen atoms in total. The first kappa shape index (κ1) is 9.79. The lowest BCUT2D eigenvalue weighted by atomic mass is 9.99. The van der Waals surface area contributed by atoms with E-state index in [0.717, 1.165) is 18.4 Å². The van der Waals surface area contributed by atoms with Crippen molar-refractivity contribution in [2.45, 2.75) is 24.9 Å². The Morgan fingerprint density at radius 1 is 1.27 bits per heavy atom. The fraction of sp³-hybridized carbons (Fsp3) is 0.500. The van der Waals surface area contributed by atoms with Gasteiger partial charge in [0.05, 0.1) is 5.60 Å². The van der Waals surface area contributed by atoms with Crippen LogP contribution < -0.4 is 0 Å². The maximum Gasteiger partial charge on any atom is 0.124 e. The molecule has 0 saturated heterocycles. The van der Waals surface area contributed by atoms with Crippen molar-refractivity contribution in [2.24, 2.45) is 11.8 Å². The molecule has 1 aromatic rings. The average Bonchev–Trinajstić information content (AvgIpc) is 2.61. The molecule has 0 amide bonds. The predicted octanol–water partition coefficient (Wildman–Crippen LogP) is 3.21. The third-order valence-electron chi connectivity index (χ3n) is 3.86. The van der Waals surface area contributed by atoms with Gasteiger partial charge in [-0.3, -0.25) is 0 Å². The monoisotopic (exact) mass is 270 g/mol. The van der Waals surface area contributed by atoms with Crippen LogP contribution in [0.15, 0.2) is 22.7 Å². The van der Waals surface area contributed by atoms with Gasteiger partial charge in [0.1, 0.15) is 5.82 Å². The summed E-state index contributed by atoms with van der Waals surface area (Å²) < 4.78 is 13.9. The Balaban J connectivity index is 2.00. The van der Waals surface area contributed by atoms with Gasteiger partial charge in [-0.2, -0.15) is 0 Å². The van der Waals surface area contributed by atoms with Crippen LogP contribution in [0.1, 0.15) is 24.8 Å². The summed E-state index contributed by atoms with van der Waals surface area (Å²) in [5.41, 5.74) is 0.00662. The molecule has 0 radical (unpaired) electrons. The summed E-state index contributed by atoms with van der Waals surface area (Å²) in [6.07, 6.45) is 3.36. The molecule has 3 rings (SSSR count). The molecule has 2 fully saturated rings. The molecule has 2 aliphatic carbocycles. The summed E-state index contributed by atoms with van der Waals surface area (Å²) in [4.78, 5) is 0. The van der Waals surface area contributed by atoms with Crippen molar-refractivity contribution in [1.82, 2.24) is 0 Å². The van der Waals surface area contributed by atoms with Crippen LogP contribution in [0.2, 0.25) is 0 Å². The lowest BCUT2D eigenvalue weighted by Crippen LogP contribution is -2.13. The normalized spacial score (nSPS) is 37.8. The van der Waals surface area contributed by atoms with Gasteiger partial charge in [0.2, 0.25) is 0 Å². The van der Waals surface area contributed by atoms with E-state index in [0.29, 0.717) is 16.3 Å². The summed E-state index contributed by atoms with van der Waals surface area (Å²) in [6.45, 7) is 0. The van der Waals surface area contributed by atoms with E-state index < -0.39 is 5.60 Å². The molecular weight excluding hydrogens is 259 g/mol. The van der Waals surface area contributed by atoms with Crippen molar-refractivity contribution in [3.05, 3.63) is 34.1 Å². The van der Waals surface area contributed by atoms with Crippen molar-refractivity contribution in [1.29, 1.82) is 0 Å². The average molecular weight is 271 g/mol. The smallest absolute Gasteiger partial charge is 0.124 e. The van der Waals surface area contributed by atoms with E-state index in [1.807, 2.05) is 6.07 Å². The Morgan fingerprint density at radius 2 is 1.93 bits per heavy atom. The minimum atomic E-state index is -0.733. The first-order valence-electron chi connectivity index (χ1n) is 5.31. The summed E-state index contributed by atoms with van der Waals surface area (Å²) in [5, 5.41) is 10.4. The summed E-state index contributed by atoms with van der Waals surface area (Å²) in [7, 11) is 0. The van der Waals surface area contributed by atoms with E-state index >= 15 is 0 Å². The van der Waals surface area contributed by atoms with Crippen molar-refractivity contribution in [3.63, 3.8) is 0 Å². The predicted molar refractivity (Wildman–Crippen MR) is 58.8 cm³/mol. The van der Waals surface area contributed by atoms with E-state index in [9.17, 15) is 9.50 Å². The lowest BCUT2D eigenvalue weighted by Gasteiger charge is -2.15. The quantitative estimate of drug-likeness (QED) is 0.831. The number of hydrogen-bond acceptors (Lipinski definition) is 1. The van der Waals surface area contributed by atoms with E-state index in [-0.39, 0.29) is 5.82 Å². The molecule has 2 aliphatic rings. The molecule has 2 atom stereocenters. The van der Waals surface area contributed by atoms with Crippen LogP contribution >= 0.6 is 15.9 Å². The van der Waals surface area contributed by atoms with E-state index in [1.54, 1.807) is 0 Å². The second kappa shape index (κ2) is 3.05. The molecule has 0 aromatic heterocycles. The number of aliphatic hydroxyl groups is 1. The molecule has 80 valence electrons. The third kappa shape index (κ3) is 1.29. The zero-order valence-electron chi connectivity index (χ0n) is 8.21. The zero-order valence-corrected chi connectivity index (χ0v) is 9.80. The Morgan fingerprint density at radius 3 is 2.53 bits per heavy atom. The first-order chi connectivity index (χ1) is 7.12. The number of benzene rings is 1. The van der Waals surface area contributed by atoms with Crippen molar-refractivity contribution >= 4 is 15.9 Å². The lowest BCUT2D eigenvalue weighted by molar-refractivity contribution is 0.105. The van der Waals surface area contributed by atoms with Crippen LogP contribution in [0.5, 0.6) is 0 Å². The number of hydrogen-bond donors (Lipinski definition) is 1. The molecule has 0 spiro atoms. The molecule has 3 heteroatoms. The number of halogens is 2. The Bertz CT molecular complexity index is 388. The molecule has 2 unspecified atom stereocenters. The van der Waals surface area contributed by atoms with Crippen LogP contribution in [0.25, 0.3) is 0 Å². The van der Waals surface area contributed by atoms with Crippen LogP contribution in [0.4, 0.5) is 4.39 Å². The van der Waals surface area contributed by atoms with Crippen molar-refractivity contribution in [2.75, 3.05) is 0 Å². The van der Waals surface area contributed by atoms with Crippen LogP contribution in [0, 0.1) is 17.7 Å². The van der Waals surface area contributed by atoms with E-state index in [4.69, 9.17) is 0 Å². The van der Waals surface area contributed by atoms with Crippen molar-refractivity contribution < 1.29 is 9.50 Å². The summed E-state index contributed by atoms with van der Waals surface area (Å²) in [5.74, 6) is 0.454. The maximum absolute atomic E-state index is 13.2. The van der Waals surface area contributed by atoms with Crippen LogP contribution in [-0.2, 0) is 5.60 Å². The number of fused-ring (bicyclic) bond motifs is 1. The zero-order chi connectivity index (χ0) is 10.6. The minimum absolute atomic E-state index is 0.280. The van der Waals surface area contributed by atoms with Crippen LogP contribution in [0.3, 0.4) is 0 Å². The van der Waals surface area contributed by atoms with Gasteiger partial charge in [-0.05, 0) is 48.4 Å². The Labute approximate surface area is 96.4 Å². The Kier molecular flexibility index (Phi) is 1.99. The van der Waals surface area contributed by atoms with E-state index in [1.165, 1.54) is 18.6 Å². The highest BCUT2D eigenvalue weighted by atomic mass is 79.9. The molecule has 1 aromatic carbocycles. The van der Waals surface area contributed by atoms with Gasteiger partial charge in [0.15, 0.2) is 0 Å².